The lowest BCUT2D eigenvalue weighted by molar-refractivity contribution is -0.137. The second-order valence-electron chi connectivity index (χ2n) is 8.12. The van der Waals surface area contributed by atoms with Crippen LogP contribution in [-0.4, -0.2) is 48.2 Å². The molecular formula is C22H36N2O5. The second kappa shape index (κ2) is 12.6. The van der Waals surface area contributed by atoms with Gasteiger partial charge in [0.1, 0.15) is 0 Å². The zero-order valence-electron chi connectivity index (χ0n) is 17.5. The first kappa shape index (κ1) is 23.4. The molecule has 4 unspecified atom stereocenters. The highest BCUT2D eigenvalue weighted by Gasteiger charge is 2.47. The minimum atomic E-state index is -0.753. The minimum Gasteiger partial charge on any atom is -0.481 e. The van der Waals surface area contributed by atoms with E-state index in [0.717, 1.165) is 38.5 Å². The van der Waals surface area contributed by atoms with Gasteiger partial charge >= 0.3 is 5.97 Å². The van der Waals surface area contributed by atoms with Gasteiger partial charge in [0.15, 0.2) is 0 Å². The van der Waals surface area contributed by atoms with Crippen LogP contribution in [0.1, 0.15) is 71.1 Å². The number of rotatable bonds is 14. The van der Waals surface area contributed by atoms with Crippen LogP contribution >= 0.6 is 0 Å². The summed E-state index contributed by atoms with van der Waals surface area (Å²) in [5.41, 5.74) is 0. The lowest BCUT2D eigenvalue weighted by Gasteiger charge is -2.27. The average Bonchev–Trinajstić information content (AvgIpc) is 3.29. The average molecular weight is 409 g/mol. The molecule has 2 heterocycles. The highest BCUT2D eigenvalue weighted by molar-refractivity contribution is 5.78. The van der Waals surface area contributed by atoms with Crippen LogP contribution in [0.25, 0.3) is 0 Å². The van der Waals surface area contributed by atoms with Gasteiger partial charge in [0, 0.05) is 38.3 Å². The third-order valence-corrected chi connectivity index (χ3v) is 5.89. The minimum absolute atomic E-state index is 0.0105. The summed E-state index contributed by atoms with van der Waals surface area (Å²) >= 11 is 0. The number of carboxylic acids is 1. The smallest absolute Gasteiger partial charge is 0.303 e. The molecule has 29 heavy (non-hydrogen) atoms. The zero-order chi connectivity index (χ0) is 21.1. The van der Waals surface area contributed by atoms with E-state index < -0.39 is 5.97 Å². The van der Waals surface area contributed by atoms with E-state index >= 15 is 0 Å². The zero-order valence-corrected chi connectivity index (χ0v) is 17.5. The van der Waals surface area contributed by atoms with Crippen LogP contribution in [0.5, 0.6) is 0 Å². The Morgan fingerprint density at radius 2 is 1.69 bits per heavy atom. The maximum absolute atomic E-state index is 12.1. The molecule has 0 spiro atoms. The first-order chi connectivity index (χ1) is 14.0. The van der Waals surface area contributed by atoms with Crippen molar-refractivity contribution < 1.29 is 24.2 Å². The number of aliphatic carboxylic acids is 1. The van der Waals surface area contributed by atoms with Gasteiger partial charge < -0.3 is 20.5 Å². The van der Waals surface area contributed by atoms with Gasteiger partial charge in [0.25, 0.3) is 0 Å². The highest BCUT2D eigenvalue weighted by atomic mass is 16.5. The molecule has 0 aromatic heterocycles. The Labute approximate surface area is 173 Å². The molecule has 2 fully saturated rings. The molecule has 2 amide bonds. The quantitative estimate of drug-likeness (QED) is 0.303. The fourth-order valence-electron chi connectivity index (χ4n) is 4.28. The topological polar surface area (TPSA) is 105 Å². The summed E-state index contributed by atoms with van der Waals surface area (Å²) in [7, 11) is 0. The molecule has 0 aromatic rings. The van der Waals surface area contributed by atoms with Crippen LogP contribution in [0.15, 0.2) is 12.2 Å². The third kappa shape index (κ3) is 8.17. The number of hydrogen-bond donors (Lipinski definition) is 3. The van der Waals surface area contributed by atoms with E-state index in [1.807, 2.05) is 6.92 Å². The molecule has 2 aliphatic rings. The maximum atomic E-state index is 12.1. The summed E-state index contributed by atoms with van der Waals surface area (Å²) in [5.74, 6) is -0.0573. The Kier molecular flexibility index (Phi) is 10.2. The van der Waals surface area contributed by atoms with Gasteiger partial charge in [-0.2, -0.15) is 0 Å². The molecule has 2 rings (SSSR count). The molecule has 4 atom stereocenters. The Balaban J connectivity index is 1.67. The predicted octanol–water partition coefficient (Wildman–Crippen LogP) is 2.79. The molecule has 3 N–H and O–H groups in total. The molecule has 2 saturated heterocycles. The molecule has 164 valence electrons. The first-order valence-electron chi connectivity index (χ1n) is 11.1. The first-order valence-corrected chi connectivity index (χ1v) is 11.1. The number of carboxylic acid groups (broad SMARTS) is 1. The summed E-state index contributed by atoms with van der Waals surface area (Å²) in [6.07, 6.45) is 12.0. The molecule has 7 heteroatoms. The summed E-state index contributed by atoms with van der Waals surface area (Å²) in [4.78, 5) is 34.3. The van der Waals surface area contributed by atoms with Gasteiger partial charge in [-0.25, -0.2) is 0 Å². The van der Waals surface area contributed by atoms with E-state index in [1.54, 1.807) is 0 Å². The Morgan fingerprint density at radius 1 is 0.966 bits per heavy atom. The number of nitrogens with one attached hydrogen (secondary N) is 2. The summed E-state index contributed by atoms with van der Waals surface area (Å²) in [6, 6.07) is 0. The maximum Gasteiger partial charge on any atom is 0.303 e. The van der Waals surface area contributed by atoms with Crippen LogP contribution in [0.4, 0.5) is 0 Å². The number of carbonyl (C=O) groups is 3. The van der Waals surface area contributed by atoms with Crippen molar-refractivity contribution in [3.05, 3.63) is 12.2 Å². The number of ether oxygens (including phenoxy) is 1. The molecule has 0 aliphatic carbocycles. The van der Waals surface area contributed by atoms with Crippen LogP contribution < -0.4 is 10.6 Å². The standard InChI is InChI=1S/C22H36N2O5/c1-2-3-9-20(25)23-14-13-21(26)24-15-17-16(18-11-12-19(17)29-18)8-6-4-5-7-10-22(27)28/h4,6,16-19H,2-3,5,7-15H2,1H3,(H,23,25)(H,24,26)(H,27,28)/b6-4+. The van der Waals surface area contributed by atoms with Gasteiger partial charge in [-0.05, 0) is 44.4 Å². The number of amides is 2. The fraction of sp³-hybridized carbons (Fsp3) is 0.773. The number of hydrogen-bond acceptors (Lipinski definition) is 4. The van der Waals surface area contributed by atoms with Crippen molar-refractivity contribution >= 4 is 17.8 Å². The molecule has 0 radical (unpaired) electrons. The van der Waals surface area contributed by atoms with Crippen molar-refractivity contribution in [1.29, 1.82) is 0 Å². The van der Waals surface area contributed by atoms with Crippen molar-refractivity contribution in [2.75, 3.05) is 13.1 Å². The Bertz CT molecular complexity index is 578. The summed E-state index contributed by atoms with van der Waals surface area (Å²) < 4.78 is 6.07. The van der Waals surface area contributed by atoms with Crippen molar-refractivity contribution in [3.8, 4) is 0 Å². The van der Waals surface area contributed by atoms with E-state index in [0.29, 0.717) is 44.2 Å². The van der Waals surface area contributed by atoms with Crippen LogP contribution in [0.2, 0.25) is 0 Å². The molecule has 0 saturated carbocycles. The van der Waals surface area contributed by atoms with Gasteiger partial charge in [-0.3, -0.25) is 14.4 Å². The third-order valence-electron chi connectivity index (χ3n) is 5.89. The summed E-state index contributed by atoms with van der Waals surface area (Å²) in [6.45, 7) is 3.04. The SMILES string of the molecule is CCCCC(=O)NCCC(=O)NCC1C2CCC(O2)C1C/C=C/CCCC(=O)O. The molecule has 0 aromatic carbocycles. The normalized spacial score (nSPS) is 25.4. The molecule has 2 bridgehead atoms. The van der Waals surface area contributed by atoms with E-state index in [2.05, 4.69) is 22.8 Å². The molecule has 2 aliphatic heterocycles. The predicted molar refractivity (Wildman–Crippen MR) is 110 cm³/mol. The highest BCUT2D eigenvalue weighted by Crippen LogP contribution is 2.44. The van der Waals surface area contributed by atoms with Crippen LogP contribution in [0, 0.1) is 11.8 Å². The van der Waals surface area contributed by atoms with Crippen molar-refractivity contribution in [2.24, 2.45) is 11.8 Å². The fourth-order valence-corrected chi connectivity index (χ4v) is 4.28. The van der Waals surface area contributed by atoms with Crippen molar-refractivity contribution in [1.82, 2.24) is 10.6 Å². The Hall–Kier alpha value is -1.89. The largest absolute Gasteiger partial charge is 0.481 e. The monoisotopic (exact) mass is 408 g/mol. The number of fused-ring (bicyclic) bond motifs is 2. The van der Waals surface area contributed by atoms with E-state index in [-0.39, 0.29) is 30.4 Å². The van der Waals surface area contributed by atoms with Gasteiger partial charge in [0.05, 0.1) is 12.2 Å². The van der Waals surface area contributed by atoms with Crippen LogP contribution in [-0.2, 0) is 19.1 Å². The molecule has 7 nitrogen and oxygen atoms in total. The number of allylic oxidation sites excluding steroid dienone is 2. The van der Waals surface area contributed by atoms with E-state index in [4.69, 9.17) is 9.84 Å². The van der Waals surface area contributed by atoms with Gasteiger partial charge in [0.2, 0.25) is 11.8 Å². The lowest BCUT2D eigenvalue weighted by Crippen LogP contribution is -2.39. The van der Waals surface area contributed by atoms with Crippen molar-refractivity contribution in [2.45, 2.75) is 83.3 Å². The van der Waals surface area contributed by atoms with Gasteiger partial charge in [-0.1, -0.05) is 25.5 Å². The second-order valence-corrected chi connectivity index (χ2v) is 8.12. The van der Waals surface area contributed by atoms with Crippen molar-refractivity contribution in [3.63, 3.8) is 0 Å². The number of carbonyl (C=O) groups excluding carboxylic acids is 2. The Morgan fingerprint density at radius 3 is 2.41 bits per heavy atom. The summed E-state index contributed by atoms with van der Waals surface area (Å²) in [5, 5.41) is 14.5. The lowest BCUT2D eigenvalue weighted by atomic mass is 9.77. The van der Waals surface area contributed by atoms with Crippen LogP contribution in [0.3, 0.4) is 0 Å². The van der Waals surface area contributed by atoms with E-state index in [9.17, 15) is 14.4 Å². The molecular weight excluding hydrogens is 372 g/mol. The number of unbranched alkanes of at least 4 members (excludes halogenated alkanes) is 2. The van der Waals surface area contributed by atoms with Gasteiger partial charge in [-0.15, -0.1) is 0 Å². The van der Waals surface area contributed by atoms with E-state index in [1.165, 1.54) is 0 Å².